The van der Waals surface area contributed by atoms with Crippen LogP contribution in [0, 0.1) is 5.82 Å². The molecule has 5 nitrogen and oxygen atoms in total. The van der Waals surface area contributed by atoms with Gasteiger partial charge in [-0.3, -0.25) is 9.36 Å². The van der Waals surface area contributed by atoms with E-state index < -0.39 is 0 Å². The van der Waals surface area contributed by atoms with Crippen molar-refractivity contribution in [2.24, 2.45) is 0 Å². The number of thioether (sulfide) groups is 1. The predicted molar refractivity (Wildman–Crippen MR) is 120 cm³/mol. The third kappa shape index (κ3) is 4.83. The van der Waals surface area contributed by atoms with Crippen LogP contribution in [0.15, 0.2) is 90.1 Å². The van der Waals surface area contributed by atoms with Gasteiger partial charge in [-0.05, 0) is 29.8 Å². The highest BCUT2D eigenvalue weighted by Crippen LogP contribution is 2.29. The SMILES string of the molecule is CN(Cc1ccccc1)C(=O)CSc1nnc(-c2ccccc2F)n1-c1ccccc1. The van der Waals surface area contributed by atoms with Crippen molar-refractivity contribution >= 4 is 17.7 Å². The molecule has 31 heavy (non-hydrogen) atoms. The number of para-hydroxylation sites is 1. The van der Waals surface area contributed by atoms with Gasteiger partial charge in [-0.25, -0.2) is 4.39 Å². The summed E-state index contributed by atoms with van der Waals surface area (Å²) in [6.07, 6.45) is 0. The normalized spacial score (nSPS) is 10.8. The Morgan fingerprint density at radius 1 is 0.935 bits per heavy atom. The predicted octanol–water partition coefficient (Wildman–Crippen LogP) is 4.82. The van der Waals surface area contributed by atoms with E-state index in [2.05, 4.69) is 10.2 Å². The molecule has 0 aliphatic heterocycles. The second-order valence-electron chi connectivity index (χ2n) is 6.98. The third-order valence-electron chi connectivity index (χ3n) is 4.78. The summed E-state index contributed by atoms with van der Waals surface area (Å²) in [5.74, 6) is 0.203. The van der Waals surface area contributed by atoms with Crippen LogP contribution in [0.1, 0.15) is 5.56 Å². The molecule has 0 aliphatic rings. The summed E-state index contributed by atoms with van der Waals surface area (Å²) < 4.78 is 16.2. The topological polar surface area (TPSA) is 51.0 Å². The molecule has 4 rings (SSSR count). The van der Waals surface area contributed by atoms with Gasteiger partial charge in [0.1, 0.15) is 5.82 Å². The van der Waals surface area contributed by atoms with Crippen LogP contribution in [-0.4, -0.2) is 38.4 Å². The Bertz CT molecular complexity index is 1160. The minimum absolute atomic E-state index is 0.0242. The van der Waals surface area contributed by atoms with Crippen molar-refractivity contribution < 1.29 is 9.18 Å². The fourth-order valence-electron chi connectivity index (χ4n) is 3.17. The first-order chi connectivity index (χ1) is 15.1. The lowest BCUT2D eigenvalue weighted by molar-refractivity contribution is -0.127. The first-order valence-electron chi connectivity index (χ1n) is 9.80. The number of carbonyl (C=O) groups is 1. The fourth-order valence-corrected chi connectivity index (χ4v) is 4.06. The van der Waals surface area contributed by atoms with E-state index in [0.717, 1.165) is 11.3 Å². The molecular formula is C24H21FN4OS. The zero-order valence-corrected chi connectivity index (χ0v) is 17.8. The first-order valence-corrected chi connectivity index (χ1v) is 10.8. The van der Waals surface area contributed by atoms with Crippen LogP contribution in [0.5, 0.6) is 0 Å². The Labute approximate surface area is 184 Å². The van der Waals surface area contributed by atoms with Crippen molar-refractivity contribution in [2.75, 3.05) is 12.8 Å². The molecule has 0 radical (unpaired) electrons. The van der Waals surface area contributed by atoms with E-state index in [1.165, 1.54) is 17.8 Å². The van der Waals surface area contributed by atoms with Crippen LogP contribution in [0.2, 0.25) is 0 Å². The van der Waals surface area contributed by atoms with Gasteiger partial charge in [0, 0.05) is 19.3 Å². The van der Waals surface area contributed by atoms with Gasteiger partial charge in [0.15, 0.2) is 11.0 Å². The van der Waals surface area contributed by atoms with Gasteiger partial charge in [0.25, 0.3) is 0 Å². The summed E-state index contributed by atoms with van der Waals surface area (Å²) in [6, 6.07) is 25.8. The van der Waals surface area contributed by atoms with Gasteiger partial charge in [0.05, 0.1) is 11.3 Å². The van der Waals surface area contributed by atoms with Crippen LogP contribution < -0.4 is 0 Å². The molecule has 0 spiro atoms. The maximum atomic E-state index is 14.5. The molecule has 0 aliphatic carbocycles. The smallest absolute Gasteiger partial charge is 0.233 e. The molecule has 1 amide bonds. The number of hydrogen-bond acceptors (Lipinski definition) is 4. The number of hydrogen-bond donors (Lipinski definition) is 0. The van der Waals surface area contributed by atoms with Gasteiger partial charge in [0.2, 0.25) is 5.91 Å². The quantitative estimate of drug-likeness (QED) is 0.393. The number of nitrogens with zero attached hydrogens (tertiary/aromatic N) is 4. The number of amides is 1. The summed E-state index contributed by atoms with van der Waals surface area (Å²) in [4.78, 5) is 14.4. The molecule has 0 N–H and O–H groups in total. The summed E-state index contributed by atoms with van der Waals surface area (Å²) in [6.45, 7) is 0.534. The minimum Gasteiger partial charge on any atom is -0.341 e. The van der Waals surface area contributed by atoms with E-state index in [1.54, 1.807) is 34.7 Å². The Morgan fingerprint density at radius 2 is 1.58 bits per heavy atom. The van der Waals surface area contributed by atoms with E-state index in [4.69, 9.17) is 0 Å². The third-order valence-corrected chi connectivity index (χ3v) is 5.69. The zero-order valence-electron chi connectivity index (χ0n) is 17.0. The molecule has 0 unspecified atom stereocenters. The molecule has 1 heterocycles. The largest absolute Gasteiger partial charge is 0.341 e. The molecule has 0 fully saturated rings. The van der Waals surface area contributed by atoms with Crippen molar-refractivity contribution in [2.45, 2.75) is 11.7 Å². The Hall–Kier alpha value is -3.45. The van der Waals surface area contributed by atoms with Crippen LogP contribution in [0.4, 0.5) is 4.39 Å². The molecule has 0 saturated heterocycles. The highest BCUT2D eigenvalue weighted by atomic mass is 32.2. The molecule has 0 bridgehead atoms. The molecule has 0 saturated carbocycles. The highest BCUT2D eigenvalue weighted by Gasteiger charge is 2.20. The fraction of sp³-hybridized carbons (Fsp3) is 0.125. The zero-order chi connectivity index (χ0) is 21.6. The number of halogens is 1. The molecule has 4 aromatic rings. The lowest BCUT2D eigenvalue weighted by atomic mass is 10.2. The number of rotatable bonds is 7. The standard InChI is InChI=1S/C24H21FN4OS/c1-28(16-18-10-4-2-5-11-18)22(30)17-31-24-27-26-23(20-14-8-9-15-21(20)25)29(24)19-12-6-3-7-13-19/h2-15H,16-17H2,1H3. The van der Waals surface area contributed by atoms with Crippen LogP contribution >= 0.6 is 11.8 Å². The van der Waals surface area contributed by atoms with Gasteiger partial charge in [-0.1, -0.05) is 72.4 Å². The van der Waals surface area contributed by atoms with E-state index in [9.17, 15) is 9.18 Å². The van der Waals surface area contributed by atoms with Crippen molar-refractivity contribution in [1.82, 2.24) is 19.7 Å². The van der Waals surface area contributed by atoms with Crippen molar-refractivity contribution in [3.05, 3.63) is 96.3 Å². The Balaban J connectivity index is 1.57. The summed E-state index contributed by atoms with van der Waals surface area (Å²) in [5.41, 5.74) is 2.23. The van der Waals surface area contributed by atoms with Crippen LogP contribution in [0.25, 0.3) is 17.1 Å². The average molecular weight is 433 g/mol. The Morgan fingerprint density at radius 3 is 2.29 bits per heavy atom. The molecule has 156 valence electrons. The molecule has 3 aromatic carbocycles. The molecule has 0 atom stereocenters. The maximum Gasteiger partial charge on any atom is 0.233 e. The maximum absolute atomic E-state index is 14.5. The highest BCUT2D eigenvalue weighted by molar-refractivity contribution is 7.99. The van der Waals surface area contributed by atoms with E-state index in [0.29, 0.717) is 23.1 Å². The number of aromatic nitrogens is 3. The van der Waals surface area contributed by atoms with Gasteiger partial charge < -0.3 is 4.90 Å². The first kappa shape index (κ1) is 20.8. The van der Waals surface area contributed by atoms with Crippen molar-refractivity contribution in [3.63, 3.8) is 0 Å². The van der Waals surface area contributed by atoms with E-state index >= 15 is 0 Å². The van der Waals surface area contributed by atoms with E-state index in [1.807, 2.05) is 60.7 Å². The van der Waals surface area contributed by atoms with Gasteiger partial charge in [-0.15, -0.1) is 10.2 Å². The van der Waals surface area contributed by atoms with Gasteiger partial charge >= 0.3 is 0 Å². The summed E-state index contributed by atoms with van der Waals surface area (Å²) in [5, 5.41) is 9.04. The van der Waals surface area contributed by atoms with E-state index in [-0.39, 0.29) is 17.5 Å². The van der Waals surface area contributed by atoms with Crippen molar-refractivity contribution in [3.8, 4) is 17.1 Å². The minimum atomic E-state index is -0.373. The Kier molecular flexibility index (Phi) is 6.43. The van der Waals surface area contributed by atoms with Crippen LogP contribution in [0.3, 0.4) is 0 Å². The van der Waals surface area contributed by atoms with Crippen molar-refractivity contribution in [1.29, 1.82) is 0 Å². The van der Waals surface area contributed by atoms with Crippen LogP contribution in [-0.2, 0) is 11.3 Å². The van der Waals surface area contributed by atoms with Gasteiger partial charge in [-0.2, -0.15) is 0 Å². The number of benzene rings is 3. The lowest BCUT2D eigenvalue weighted by Crippen LogP contribution is -2.27. The second kappa shape index (κ2) is 9.57. The summed E-state index contributed by atoms with van der Waals surface area (Å²) >= 11 is 1.29. The monoisotopic (exact) mass is 432 g/mol. The number of carbonyl (C=O) groups excluding carboxylic acids is 1. The summed E-state index contributed by atoms with van der Waals surface area (Å²) in [7, 11) is 1.78. The molecule has 7 heteroatoms. The molecule has 1 aromatic heterocycles. The average Bonchev–Trinajstić information content (AvgIpc) is 3.22. The molecular weight excluding hydrogens is 411 g/mol. The lowest BCUT2D eigenvalue weighted by Gasteiger charge is -2.17. The second-order valence-corrected chi connectivity index (χ2v) is 7.92.